The number of amidine groups is 1. The minimum absolute atomic E-state index is 0.00735. The number of benzene rings is 4. The Morgan fingerprint density at radius 3 is 2.42 bits per heavy atom. The van der Waals surface area contributed by atoms with Crippen LogP contribution in [0, 0.1) is 5.41 Å². The lowest BCUT2D eigenvalue weighted by Crippen LogP contribution is -2.41. The molecule has 1 saturated carbocycles. The van der Waals surface area contributed by atoms with Crippen molar-refractivity contribution in [3.63, 3.8) is 0 Å². The third-order valence-corrected chi connectivity index (χ3v) is 7.83. The quantitative estimate of drug-likeness (QED) is 0.154. The second kappa shape index (κ2) is 10.9. The van der Waals surface area contributed by atoms with E-state index in [1.807, 2.05) is 77.4 Å². The zero-order valence-corrected chi connectivity index (χ0v) is 22.3. The van der Waals surface area contributed by atoms with Gasteiger partial charge in [-0.3, -0.25) is 10.2 Å². The molecule has 0 spiro atoms. The Morgan fingerprint density at radius 2 is 1.65 bits per heavy atom. The van der Waals surface area contributed by atoms with Crippen molar-refractivity contribution in [3.8, 4) is 11.5 Å². The third kappa shape index (κ3) is 5.16. The van der Waals surface area contributed by atoms with Crippen molar-refractivity contribution in [1.82, 2.24) is 9.88 Å². The van der Waals surface area contributed by atoms with Crippen LogP contribution in [-0.4, -0.2) is 28.4 Å². The van der Waals surface area contributed by atoms with Crippen LogP contribution in [0.1, 0.15) is 47.3 Å². The number of aromatic nitrogens is 1. The van der Waals surface area contributed by atoms with E-state index in [0.29, 0.717) is 17.8 Å². The summed E-state index contributed by atoms with van der Waals surface area (Å²) in [6, 6.07) is 29.8. The van der Waals surface area contributed by atoms with Gasteiger partial charge >= 0.3 is 0 Å². The van der Waals surface area contributed by atoms with E-state index in [1.54, 1.807) is 0 Å². The second-order valence-electron chi connectivity index (χ2n) is 10.6. The van der Waals surface area contributed by atoms with E-state index >= 15 is 0 Å². The number of amides is 1. The molecule has 202 valence electrons. The zero-order valence-electron chi connectivity index (χ0n) is 22.3. The van der Waals surface area contributed by atoms with Crippen LogP contribution < -0.4 is 21.5 Å². The summed E-state index contributed by atoms with van der Waals surface area (Å²) < 4.78 is 8.26. The molecule has 0 radical (unpaired) electrons. The predicted octanol–water partition coefficient (Wildman–Crippen LogP) is 5.92. The Hall–Kier alpha value is -4.62. The molecule has 1 fully saturated rings. The topological polar surface area (TPSA) is 119 Å². The molecule has 1 amide bonds. The van der Waals surface area contributed by atoms with Gasteiger partial charge in [0, 0.05) is 40.5 Å². The van der Waals surface area contributed by atoms with Crippen LogP contribution in [0.3, 0.4) is 0 Å². The summed E-state index contributed by atoms with van der Waals surface area (Å²) in [4.78, 5) is 13.7. The van der Waals surface area contributed by atoms with Crippen molar-refractivity contribution < 1.29 is 9.53 Å². The molecule has 7 nitrogen and oxygen atoms in total. The molecule has 0 aliphatic heterocycles. The summed E-state index contributed by atoms with van der Waals surface area (Å²) in [7, 11) is 0. The van der Waals surface area contributed by atoms with Crippen LogP contribution >= 0.6 is 0 Å². The van der Waals surface area contributed by atoms with Gasteiger partial charge < -0.3 is 26.1 Å². The maximum Gasteiger partial charge on any atom is 0.268 e. The SMILES string of the molecule is N=C(N)c1ccc2cc(C(=O)NC3CCC(N)CC3)n(Cc3cccc4c(Oc5ccccc5)cccc34)c2c1. The number of hydrogen-bond donors (Lipinski definition) is 4. The van der Waals surface area contributed by atoms with Gasteiger partial charge in [-0.25, -0.2) is 0 Å². The first-order valence-electron chi connectivity index (χ1n) is 13.7. The number of para-hydroxylation sites is 1. The van der Waals surface area contributed by atoms with Gasteiger partial charge in [-0.15, -0.1) is 0 Å². The molecule has 1 heterocycles. The summed E-state index contributed by atoms with van der Waals surface area (Å²) >= 11 is 0. The second-order valence-corrected chi connectivity index (χ2v) is 10.6. The average molecular weight is 532 g/mol. The molecule has 7 heteroatoms. The lowest BCUT2D eigenvalue weighted by atomic mass is 9.92. The lowest BCUT2D eigenvalue weighted by Gasteiger charge is -2.27. The van der Waals surface area contributed by atoms with E-state index in [-0.39, 0.29) is 23.8 Å². The molecular formula is C33H33N5O2. The highest BCUT2D eigenvalue weighted by Gasteiger charge is 2.23. The Bertz CT molecular complexity index is 1700. The van der Waals surface area contributed by atoms with Crippen LogP contribution in [0.4, 0.5) is 0 Å². The van der Waals surface area contributed by atoms with E-state index in [2.05, 4.69) is 23.5 Å². The summed E-state index contributed by atoms with van der Waals surface area (Å²) in [5, 5.41) is 14.2. The van der Waals surface area contributed by atoms with Crippen LogP contribution in [0.15, 0.2) is 91.0 Å². The van der Waals surface area contributed by atoms with Gasteiger partial charge in [0.25, 0.3) is 5.91 Å². The maximum atomic E-state index is 13.7. The van der Waals surface area contributed by atoms with Crippen LogP contribution in [0.2, 0.25) is 0 Å². The number of fused-ring (bicyclic) bond motifs is 2. The maximum absolute atomic E-state index is 13.7. The number of rotatable bonds is 7. The molecule has 0 bridgehead atoms. The molecule has 1 aliphatic carbocycles. The minimum Gasteiger partial charge on any atom is -0.457 e. The van der Waals surface area contributed by atoms with Gasteiger partial charge in [-0.1, -0.05) is 60.7 Å². The standard InChI is InChI=1S/C33H33N5O2/c34-24-14-16-25(17-15-24)37-33(39)30-18-21-12-13-22(32(35)36)19-29(21)38(30)20-23-6-4-10-28-27(23)9-5-11-31(28)40-26-7-2-1-3-8-26/h1-13,18-19,24-25H,14-17,20,34H2,(H3,35,36)(H,37,39). The number of nitrogens with zero attached hydrogens (tertiary/aromatic N) is 1. The fraction of sp³-hybridized carbons (Fsp3) is 0.212. The zero-order chi connectivity index (χ0) is 27.6. The number of nitrogens with one attached hydrogen (secondary N) is 2. The molecule has 0 atom stereocenters. The highest BCUT2D eigenvalue weighted by molar-refractivity contribution is 6.02. The number of hydrogen-bond acceptors (Lipinski definition) is 4. The Morgan fingerprint density at radius 1 is 0.900 bits per heavy atom. The molecule has 40 heavy (non-hydrogen) atoms. The molecule has 6 rings (SSSR count). The lowest BCUT2D eigenvalue weighted by molar-refractivity contribution is 0.0917. The number of ether oxygens (including phenoxy) is 1. The van der Waals surface area contributed by atoms with E-state index in [9.17, 15) is 4.79 Å². The molecule has 5 aromatic rings. The largest absolute Gasteiger partial charge is 0.457 e. The van der Waals surface area contributed by atoms with Crippen molar-refractivity contribution in [3.05, 3.63) is 108 Å². The Balaban J connectivity index is 1.40. The van der Waals surface area contributed by atoms with E-state index < -0.39 is 0 Å². The first-order valence-corrected chi connectivity index (χ1v) is 13.7. The Kier molecular flexibility index (Phi) is 6.97. The number of carbonyl (C=O) groups excluding carboxylic acids is 1. The van der Waals surface area contributed by atoms with E-state index in [4.69, 9.17) is 21.6 Å². The average Bonchev–Trinajstić information content (AvgIpc) is 3.33. The van der Waals surface area contributed by atoms with Crippen molar-refractivity contribution in [2.75, 3.05) is 0 Å². The fourth-order valence-corrected chi connectivity index (χ4v) is 5.66. The Labute approximate surface area is 233 Å². The van der Waals surface area contributed by atoms with E-state index in [0.717, 1.165) is 64.4 Å². The number of nitrogens with two attached hydrogens (primary N) is 2. The van der Waals surface area contributed by atoms with Crippen LogP contribution in [0.5, 0.6) is 11.5 Å². The van der Waals surface area contributed by atoms with Crippen LogP contribution in [-0.2, 0) is 6.54 Å². The monoisotopic (exact) mass is 531 g/mol. The molecular weight excluding hydrogens is 498 g/mol. The van der Waals surface area contributed by atoms with Gasteiger partial charge in [0.2, 0.25) is 0 Å². The van der Waals surface area contributed by atoms with Gasteiger partial charge in [-0.05, 0) is 67.0 Å². The highest BCUT2D eigenvalue weighted by atomic mass is 16.5. The summed E-state index contributed by atoms with van der Waals surface area (Å²) in [5.41, 5.74) is 15.0. The molecule has 0 unspecified atom stereocenters. The molecule has 1 aromatic heterocycles. The van der Waals surface area contributed by atoms with Crippen LogP contribution in [0.25, 0.3) is 21.7 Å². The molecule has 4 aromatic carbocycles. The summed E-state index contributed by atoms with van der Waals surface area (Å²) in [5.74, 6) is 1.44. The summed E-state index contributed by atoms with van der Waals surface area (Å²) in [6.45, 7) is 0.468. The van der Waals surface area contributed by atoms with Crippen molar-refractivity contribution in [1.29, 1.82) is 5.41 Å². The van der Waals surface area contributed by atoms with Crippen molar-refractivity contribution >= 4 is 33.4 Å². The number of carbonyl (C=O) groups is 1. The summed E-state index contributed by atoms with van der Waals surface area (Å²) in [6.07, 6.45) is 3.60. The third-order valence-electron chi connectivity index (χ3n) is 7.83. The van der Waals surface area contributed by atoms with Crippen molar-refractivity contribution in [2.24, 2.45) is 11.5 Å². The molecule has 0 saturated heterocycles. The van der Waals surface area contributed by atoms with E-state index in [1.165, 1.54) is 0 Å². The van der Waals surface area contributed by atoms with Gasteiger partial charge in [0.1, 0.15) is 23.0 Å². The van der Waals surface area contributed by atoms with Gasteiger partial charge in [0.15, 0.2) is 0 Å². The number of nitrogen functional groups attached to an aromatic ring is 1. The van der Waals surface area contributed by atoms with Gasteiger partial charge in [0.05, 0.1) is 0 Å². The first kappa shape index (κ1) is 25.6. The normalized spacial score (nSPS) is 17.1. The highest BCUT2D eigenvalue weighted by Crippen LogP contribution is 2.33. The predicted molar refractivity (Wildman–Crippen MR) is 160 cm³/mol. The van der Waals surface area contributed by atoms with Crippen molar-refractivity contribution in [2.45, 2.75) is 44.3 Å². The molecule has 1 aliphatic rings. The minimum atomic E-state index is -0.102. The first-order chi connectivity index (χ1) is 19.5. The smallest absolute Gasteiger partial charge is 0.268 e. The fourth-order valence-electron chi connectivity index (χ4n) is 5.66. The van der Waals surface area contributed by atoms with Gasteiger partial charge in [-0.2, -0.15) is 0 Å². The molecule has 6 N–H and O–H groups in total.